The van der Waals surface area contributed by atoms with Crippen molar-refractivity contribution >= 4 is 17.5 Å². The van der Waals surface area contributed by atoms with Gasteiger partial charge in [0, 0.05) is 23.8 Å². The van der Waals surface area contributed by atoms with Gasteiger partial charge in [0.25, 0.3) is 5.91 Å². The van der Waals surface area contributed by atoms with Gasteiger partial charge >= 0.3 is 6.01 Å². The summed E-state index contributed by atoms with van der Waals surface area (Å²) in [4.78, 5) is 22.4. The number of carbonyl (C=O) groups is 1. The number of ether oxygens (including phenoxy) is 1. The van der Waals surface area contributed by atoms with Crippen LogP contribution in [0.1, 0.15) is 29.9 Å². The molecule has 5 nitrogen and oxygen atoms in total. The third-order valence-corrected chi connectivity index (χ3v) is 3.40. The van der Waals surface area contributed by atoms with Crippen LogP contribution in [0.4, 0.5) is 0 Å². The zero-order valence-electron chi connectivity index (χ0n) is 12.8. The zero-order chi connectivity index (χ0) is 16.1. The van der Waals surface area contributed by atoms with Gasteiger partial charge in [0.15, 0.2) is 0 Å². The third kappa shape index (κ3) is 3.95. The average molecular weight is 320 g/mol. The lowest BCUT2D eigenvalue weighted by Crippen LogP contribution is -2.36. The quantitative estimate of drug-likeness (QED) is 0.849. The van der Waals surface area contributed by atoms with Crippen molar-refractivity contribution in [2.45, 2.75) is 26.4 Å². The van der Waals surface area contributed by atoms with E-state index in [1.807, 2.05) is 38.1 Å². The topological polar surface area (TPSA) is 55.3 Å². The predicted octanol–water partition coefficient (Wildman–Crippen LogP) is 3.19. The van der Waals surface area contributed by atoms with Crippen molar-refractivity contribution in [1.82, 2.24) is 14.9 Å². The van der Waals surface area contributed by atoms with E-state index in [1.165, 1.54) is 13.3 Å². The number of methoxy groups -OCH3 is 1. The van der Waals surface area contributed by atoms with E-state index in [4.69, 9.17) is 16.3 Å². The largest absolute Gasteiger partial charge is 0.467 e. The van der Waals surface area contributed by atoms with E-state index < -0.39 is 0 Å². The molecule has 2 rings (SSSR count). The van der Waals surface area contributed by atoms with Gasteiger partial charge in [-0.15, -0.1) is 0 Å². The lowest BCUT2D eigenvalue weighted by atomic mass is 10.1. The molecule has 1 heterocycles. The number of hydrogen-bond acceptors (Lipinski definition) is 4. The van der Waals surface area contributed by atoms with Crippen molar-refractivity contribution in [3.05, 3.63) is 52.8 Å². The first-order chi connectivity index (χ1) is 10.5. The Bertz CT molecular complexity index is 661. The molecule has 22 heavy (non-hydrogen) atoms. The summed E-state index contributed by atoms with van der Waals surface area (Å²) >= 11 is 6.00. The van der Waals surface area contributed by atoms with Gasteiger partial charge in [0.1, 0.15) is 5.69 Å². The maximum absolute atomic E-state index is 12.7. The van der Waals surface area contributed by atoms with Gasteiger partial charge in [-0.3, -0.25) is 4.79 Å². The summed E-state index contributed by atoms with van der Waals surface area (Å²) in [6.07, 6.45) is 1.51. The molecular formula is C16H18ClN3O2. The van der Waals surface area contributed by atoms with Crippen LogP contribution in [0.3, 0.4) is 0 Å². The molecule has 0 aliphatic rings. The van der Waals surface area contributed by atoms with Crippen molar-refractivity contribution in [2.75, 3.05) is 7.11 Å². The normalized spacial score (nSPS) is 10.6. The van der Waals surface area contributed by atoms with Crippen LogP contribution in [-0.2, 0) is 6.54 Å². The van der Waals surface area contributed by atoms with Gasteiger partial charge in [-0.25, -0.2) is 4.98 Å². The molecule has 0 saturated heterocycles. The molecule has 0 aliphatic heterocycles. The van der Waals surface area contributed by atoms with Crippen molar-refractivity contribution in [2.24, 2.45) is 0 Å². The van der Waals surface area contributed by atoms with Gasteiger partial charge in [-0.2, -0.15) is 4.98 Å². The first-order valence-electron chi connectivity index (χ1n) is 6.93. The summed E-state index contributed by atoms with van der Waals surface area (Å²) in [7, 11) is 1.47. The van der Waals surface area contributed by atoms with Crippen molar-refractivity contribution < 1.29 is 9.53 Å². The smallest absolute Gasteiger partial charge is 0.316 e. The van der Waals surface area contributed by atoms with Crippen molar-refractivity contribution in [1.29, 1.82) is 0 Å². The fourth-order valence-electron chi connectivity index (χ4n) is 2.03. The SMILES string of the molecule is COc1nccc(C(=O)N(Cc2cccc(Cl)c2)C(C)C)n1. The second-order valence-electron chi connectivity index (χ2n) is 5.09. The molecule has 0 saturated carbocycles. The standard InChI is InChI=1S/C16H18ClN3O2/c1-11(2)20(10-12-5-4-6-13(17)9-12)15(21)14-7-8-18-16(19-14)22-3/h4-9,11H,10H2,1-3H3. The molecule has 0 N–H and O–H groups in total. The number of rotatable bonds is 5. The Morgan fingerprint density at radius 1 is 1.36 bits per heavy atom. The van der Waals surface area contributed by atoms with Gasteiger partial charge < -0.3 is 9.64 Å². The lowest BCUT2D eigenvalue weighted by molar-refractivity contribution is 0.0683. The molecule has 0 spiro atoms. The number of carbonyl (C=O) groups excluding carboxylic acids is 1. The summed E-state index contributed by atoms with van der Waals surface area (Å²) in [6, 6.07) is 9.25. The maximum Gasteiger partial charge on any atom is 0.316 e. The van der Waals surface area contributed by atoms with E-state index in [-0.39, 0.29) is 18.0 Å². The summed E-state index contributed by atoms with van der Waals surface area (Å²) in [5.41, 5.74) is 1.28. The first-order valence-corrected chi connectivity index (χ1v) is 7.31. The average Bonchev–Trinajstić information content (AvgIpc) is 2.52. The molecule has 1 amide bonds. The molecule has 1 aromatic carbocycles. The lowest BCUT2D eigenvalue weighted by Gasteiger charge is -2.26. The number of halogens is 1. The Balaban J connectivity index is 2.25. The Kier molecular flexibility index (Phi) is 5.33. The Hall–Kier alpha value is -2.14. The number of hydrogen-bond donors (Lipinski definition) is 0. The molecule has 2 aromatic rings. The van der Waals surface area contributed by atoms with Gasteiger partial charge in [-0.05, 0) is 37.6 Å². The fourth-order valence-corrected chi connectivity index (χ4v) is 2.24. The van der Waals surface area contributed by atoms with Crippen LogP contribution < -0.4 is 4.74 Å². The van der Waals surface area contributed by atoms with Crippen molar-refractivity contribution in [3.8, 4) is 6.01 Å². The highest BCUT2D eigenvalue weighted by atomic mass is 35.5. The van der Waals surface area contributed by atoms with Crippen LogP contribution >= 0.6 is 11.6 Å². The molecule has 0 bridgehead atoms. The molecule has 6 heteroatoms. The highest BCUT2D eigenvalue weighted by molar-refractivity contribution is 6.30. The number of aromatic nitrogens is 2. The van der Waals surface area contributed by atoms with Crippen LogP contribution in [0, 0.1) is 0 Å². The summed E-state index contributed by atoms with van der Waals surface area (Å²) in [5, 5.41) is 0.650. The van der Waals surface area contributed by atoms with E-state index in [1.54, 1.807) is 11.0 Å². The molecule has 116 valence electrons. The van der Waals surface area contributed by atoms with Gasteiger partial charge in [0.05, 0.1) is 7.11 Å². The number of amides is 1. The summed E-state index contributed by atoms with van der Waals surface area (Å²) in [6.45, 7) is 4.38. The van der Waals surface area contributed by atoms with E-state index in [9.17, 15) is 4.79 Å². The van der Waals surface area contributed by atoms with Crippen LogP contribution in [0.25, 0.3) is 0 Å². The van der Waals surface area contributed by atoms with Crippen molar-refractivity contribution in [3.63, 3.8) is 0 Å². The summed E-state index contributed by atoms with van der Waals surface area (Å²) < 4.78 is 4.97. The molecular weight excluding hydrogens is 302 g/mol. The van der Waals surface area contributed by atoms with Gasteiger partial charge in [0.2, 0.25) is 0 Å². The minimum Gasteiger partial charge on any atom is -0.467 e. The van der Waals surface area contributed by atoms with E-state index >= 15 is 0 Å². The fraction of sp³-hybridized carbons (Fsp3) is 0.312. The molecule has 0 unspecified atom stereocenters. The minimum absolute atomic E-state index is 0.0208. The summed E-state index contributed by atoms with van der Waals surface area (Å²) in [5.74, 6) is -0.171. The van der Waals surface area contributed by atoms with Crippen LogP contribution in [0.15, 0.2) is 36.5 Å². The Morgan fingerprint density at radius 3 is 2.77 bits per heavy atom. The first kappa shape index (κ1) is 16.2. The Labute approximate surface area is 134 Å². The van der Waals surface area contributed by atoms with E-state index in [0.29, 0.717) is 17.3 Å². The van der Waals surface area contributed by atoms with Gasteiger partial charge in [-0.1, -0.05) is 23.7 Å². The second kappa shape index (κ2) is 7.22. The zero-order valence-corrected chi connectivity index (χ0v) is 13.5. The third-order valence-electron chi connectivity index (χ3n) is 3.16. The minimum atomic E-state index is -0.171. The van der Waals surface area contributed by atoms with Crippen LogP contribution in [0.5, 0.6) is 6.01 Å². The molecule has 0 atom stereocenters. The van der Waals surface area contributed by atoms with E-state index in [0.717, 1.165) is 5.56 Å². The second-order valence-corrected chi connectivity index (χ2v) is 5.52. The molecule has 0 aliphatic carbocycles. The molecule has 0 fully saturated rings. The number of nitrogens with zero attached hydrogens (tertiary/aromatic N) is 3. The van der Waals surface area contributed by atoms with E-state index in [2.05, 4.69) is 9.97 Å². The molecule has 1 aromatic heterocycles. The highest BCUT2D eigenvalue weighted by Crippen LogP contribution is 2.16. The molecule has 0 radical (unpaired) electrons. The Morgan fingerprint density at radius 2 is 2.14 bits per heavy atom. The van der Waals surface area contributed by atoms with Crippen LogP contribution in [-0.4, -0.2) is 33.9 Å². The predicted molar refractivity (Wildman–Crippen MR) is 85.0 cm³/mol. The monoisotopic (exact) mass is 319 g/mol. The number of benzene rings is 1. The van der Waals surface area contributed by atoms with Crippen LogP contribution in [0.2, 0.25) is 5.02 Å². The highest BCUT2D eigenvalue weighted by Gasteiger charge is 2.21. The maximum atomic E-state index is 12.7.